The van der Waals surface area contributed by atoms with E-state index >= 15 is 0 Å². The molecule has 0 atom stereocenters. The van der Waals surface area contributed by atoms with E-state index in [4.69, 9.17) is 0 Å². The van der Waals surface area contributed by atoms with Crippen LogP contribution in [0.4, 0.5) is 0 Å². The topological polar surface area (TPSA) is 12.9 Å². The maximum absolute atomic E-state index is 4.17. The monoisotopic (exact) mass is 189 g/mol. The molecule has 2 heteroatoms. The fraction of sp³-hybridized carbons (Fsp3) is 0.182. The van der Waals surface area contributed by atoms with Crippen LogP contribution < -0.4 is 0 Å². The Labute approximate surface area is 82.1 Å². The van der Waals surface area contributed by atoms with Gasteiger partial charge in [0.15, 0.2) is 0 Å². The van der Waals surface area contributed by atoms with Gasteiger partial charge in [0.1, 0.15) is 0 Å². The van der Waals surface area contributed by atoms with E-state index in [1.165, 1.54) is 21.6 Å². The van der Waals surface area contributed by atoms with E-state index in [2.05, 4.69) is 36.3 Å². The minimum Gasteiger partial charge on any atom is -0.264 e. The van der Waals surface area contributed by atoms with Crippen LogP contribution in [0, 0.1) is 13.8 Å². The predicted octanol–water partition coefficient (Wildman–Crippen LogP) is 3.43. The number of aryl methyl sites for hydroxylation is 2. The molecule has 0 spiro atoms. The van der Waals surface area contributed by atoms with Crippen molar-refractivity contribution in [3.8, 4) is 11.1 Å². The first-order valence-corrected chi connectivity index (χ1v) is 5.11. The molecule has 0 aliphatic heterocycles. The summed E-state index contributed by atoms with van der Waals surface area (Å²) in [5.41, 5.74) is 3.70. The van der Waals surface area contributed by atoms with Gasteiger partial charge in [-0.3, -0.25) is 4.98 Å². The van der Waals surface area contributed by atoms with Gasteiger partial charge in [-0.05, 0) is 42.5 Å². The normalized spacial score (nSPS) is 10.3. The average molecular weight is 189 g/mol. The van der Waals surface area contributed by atoms with Crippen LogP contribution in [-0.4, -0.2) is 4.98 Å². The summed E-state index contributed by atoms with van der Waals surface area (Å²) >= 11 is 1.78. The van der Waals surface area contributed by atoms with Gasteiger partial charge in [-0.15, -0.1) is 11.3 Å². The molecule has 0 fully saturated rings. The van der Waals surface area contributed by atoms with Crippen molar-refractivity contribution >= 4 is 11.3 Å². The van der Waals surface area contributed by atoms with Crippen LogP contribution in [0.1, 0.15) is 10.4 Å². The number of pyridine rings is 1. The third-order valence-electron chi connectivity index (χ3n) is 1.94. The first-order chi connectivity index (χ1) is 6.25. The molecule has 2 aromatic rings. The Morgan fingerprint density at radius 3 is 2.54 bits per heavy atom. The van der Waals surface area contributed by atoms with Crippen LogP contribution in [0.3, 0.4) is 0 Å². The van der Waals surface area contributed by atoms with Crippen LogP contribution >= 0.6 is 11.3 Å². The molecule has 0 unspecified atom stereocenters. The molecule has 0 radical (unpaired) electrons. The molecule has 0 N–H and O–H groups in total. The molecule has 0 aromatic carbocycles. The smallest absolute Gasteiger partial charge is 0.0346 e. The van der Waals surface area contributed by atoms with E-state index in [1.54, 1.807) is 11.3 Å². The van der Waals surface area contributed by atoms with Gasteiger partial charge in [0.25, 0.3) is 0 Å². The van der Waals surface area contributed by atoms with Gasteiger partial charge in [0.2, 0.25) is 0 Å². The molecule has 1 nitrogen and oxygen atoms in total. The van der Waals surface area contributed by atoms with Gasteiger partial charge in [-0.25, -0.2) is 0 Å². The molecule has 13 heavy (non-hydrogen) atoms. The van der Waals surface area contributed by atoms with Crippen molar-refractivity contribution in [3.63, 3.8) is 0 Å². The molecule has 2 aromatic heterocycles. The largest absolute Gasteiger partial charge is 0.264 e. The Morgan fingerprint density at radius 1 is 1.08 bits per heavy atom. The molecular formula is C11H11NS. The van der Waals surface area contributed by atoms with Crippen LogP contribution in [0.2, 0.25) is 0 Å². The van der Waals surface area contributed by atoms with Crippen LogP contribution in [-0.2, 0) is 0 Å². The Balaban J connectivity index is 2.46. The maximum Gasteiger partial charge on any atom is 0.0346 e. The first-order valence-electron chi connectivity index (χ1n) is 4.23. The highest BCUT2D eigenvalue weighted by molar-refractivity contribution is 7.10. The van der Waals surface area contributed by atoms with Gasteiger partial charge in [-0.2, -0.15) is 0 Å². The average Bonchev–Trinajstić information content (AvgIpc) is 2.52. The lowest BCUT2D eigenvalue weighted by atomic mass is 10.1. The van der Waals surface area contributed by atoms with Crippen molar-refractivity contribution in [2.24, 2.45) is 0 Å². The lowest BCUT2D eigenvalue weighted by molar-refractivity contribution is 1.27. The van der Waals surface area contributed by atoms with E-state index in [-0.39, 0.29) is 0 Å². The fourth-order valence-corrected chi connectivity index (χ4v) is 2.02. The number of hydrogen-bond acceptors (Lipinski definition) is 2. The number of aromatic nitrogens is 1. The number of nitrogens with zero attached hydrogens (tertiary/aromatic N) is 1. The highest BCUT2D eigenvalue weighted by atomic mass is 32.1. The van der Waals surface area contributed by atoms with E-state index in [0.29, 0.717) is 0 Å². The summed E-state index contributed by atoms with van der Waals surface area (Å²) < 4.78 is 0. The minimum atomic E-state index is 1.21. The number of rotatable bonds is 1. The fourth-order valence-electron chi connectivity index (χ4n) is 1.31. The zero-order valence-corrected chi connectivity index (χ0v) is 8.56. The van der Waals surface area contributed by atoms with Crippen molar-refractivity contribution < 1.29 is 0 Å². The van der Waals surface area contributed by atoms with E-state index in [9.17, 15) is 0 Å². The second kappa shape index (κ2) is 3.30. The molecule has 2 heterocycles. The van der Waals surface area contributed by atoms with Crippen molar-refractivity contribution in [2.75, 3.05) is 0 Å². The third kappa shape index (κ3) is 1.78. The quantitative estimate of drug-likeness (QED) is 0.669. The second-order valence-electron chi connectivity index (χ2n) is 3.20. The van der Waals surface area contributed by atoms with Gasteiger partial charge >= 0.3 is 0 Å². The van der Waals surface area contributed by atoms with Crippen molar-refractivity contribution in [3.05, 3.63) is 40.3 Å². The van der Waals surface area contributed by atoms with Gasteiger partial charge < -0.3 is 0 Å². The SMILES string of the molecule is Cc1cncc(-c2csc(C)c2)c1. The van der Waals surface area contributed by atoms with Crippen LogP contribution in [0.15, 0.2) is 29.9 Å². The first kappa shape index (κ1) is 8.45. The van der Waals surface area contributed by atoms with E-state index in [1.807, 2.05) is 12.4 Å². The summed E-state index contributed by atoms with van der Waals surface area (Å²) in [5, 5.41) is 2.17. The summed E-state index contributed by atoms with van der Waals surface area (Å²) in [5.74, 6) is 0. The maximum atomic E-state index is 4.17. The molecule has 2 rings (SSSR count). The lowest BCUT2D eigenvalue weighted by Crippen LogP contribution is -1.79. The highest BCUT2D eigenvalue weighted by Crippen LogP contribution is 2.24. The van der Waals surface area contributed by atoms with E-state index < -0.39 is 0 Å². The second-order valence-corrected chi connectivity index (χ2v) is 4.31. The van der Waals surface area contributed by atoms with Crippen molar-refractivity contribution in [1.29, 1.82) is 0 Å². The Kier molecular flexibility index (Phi) is 2.15. The Bertz CT molecular complexity index is 418. The highest BCUT2D eigenvalue weighted by Gasteiger charge is 1.99. The zero-order chi connectivity index (χ0) is 9.26. The molecule has 0 saturated carbocycles. The molecule has 0 bridgehead atoms. The van der Waals surface area contributed by atoms with Crippen molar-refractivity contribution in [2.45, 2.75) is 13.8 Å². The van der Waals surface area contributed by atoms with Gasteiger partial charge in [0.05, 0.1) is 0 Å². The molecular weight excluding hydrogens is 178 g/mol. The Morgan fingerprint density at radius 2 is 1.92 bits per heavy atom. The third-order valence-corrected chi connectivity index (χ3v) is 2.80. The number of thiophene rings is 1. The van der Waals surface area contributed by atoms with E-state index in [0.717, 1.165) is 0 Å². The summed E-state index contributed by atoms with van der Waals surface area (Å²) in [6, 6.07) is 4.36. The van der Waals surface area contributed by atoms with Crippen LogP contribution in [0.25, 0.3) is 11.1 Å². The van der Waals surface area contributed by atoms with Gasteiger partial charge in [-0.1, -0.05) is 0 Å². The summed E-state index contributed by atoms with van der Waals surface area (Å²) in [6.07, 6.45) is 3.79. The summed E-state index contributed by atoms with van der Waals surface area (Å²) in [7, 11) is 0. The predicted molar refractivity (Wildman–Crippen MR) is 57.0 cm³/mol. The minimum absolute atomic E-state index is 1.21. The molecule has 66 valence electrons. The standard InChI is InChI=1S/C11H11NS/c1-8-3-10(6-12-5-8)11-4-9(2)13-7-11/h3-7H,1-2H3. The molecule has 0 aliphatic rings. The van der Waals surface area contributed by atoms with Crippen molar-refractivity contribution in [1.82, 2.24) is 4.98 Å². The summed E-state index contributed by atoms with van der Waals surface area (Å²) in [6.45, 7) is 4.19. The molecule has 0 aliphatic carbocycles. The van der Waals surface area contributed by atoms with Crippen LogP contribution in [0.5, 0.6) is 0 Å². The lowest BCUT2D eigenvalue weighted by Gasteiger charge is -1.97. The van der Waals surface area contributed by atoms with Gasteiger partial charge in [0, 0.05) is 22.8 Å². The zero-order valence-electron chi connectivity index (χ0n) is 7.74. The Hall–Kier alpha value is -1.15. The molecule has 0 amide bonds. The summed E-state index contributed by atoms with van der Waals surface area (Å²) in [4.78, 5) is 5.52. The number of hydrogen-bond donors (Lipinski definition) is 0. The molecule has 0 saturated heterocycles.